The molecule has 2 aromatic heterocycles. The number of rotatable bonds is 3. The molecule has 3 aromatic rings. The monoisotopic (exact) mass is 290 g/mol. The highest BCUT2D eigenvalue weighted by Gasteiger charge is 2.20. The minimum Gasteiger partial charge on any atom is -0.476 e. The van der Waals surface area contributed by atoms with Gasteiger partial charge in [0, 0.05) is 17.0 Å². The molecule has 7 heteroatoms. The van der Waals surface area contributed by atoms with E-state index in [9.17, 15) is 14.0 Å². The number of fused-ring (bicyclic) bond motifs is 1. The predicted molar refractivity (Wildman–Crippen MR) is 70.8 cm³/mol. The lowest BCUT2D eigenvalue weighted by Crippen LogP contribution is -2.02. The predicted octanol–water partition coefficient (Wildman–Crippen LogP) is 2.69. The van der Waals surface area contributed by atoms with Gasteiger partial charge in [-0.15, -0.1) is 11.3 Å². The van der Waals surface area contributed by atoms with Gasteiger partial charge in [-0.2, -0.15) is 0 Å². The highest BCUT2D eigenvalue weighted by atomic mass is 32.1. The summed E-state index contributed by atoms with van der Waals surface area (Å²) in [5.74, 6) is -2.07. The van der Waals surface area contributed by atoms with Crippen LogP contribution in [0.25, 0.3) is 10.9 Å². The summed E-state index contributed by atoms with van der Waals surface area (Å²) in [6, 6.07) is 4.42. The number of hydrogen-bond acceptors (Lipinski definition) is 4. The second kappa shape index (κ2) is 4.53. The highest BCUT2D eigenvalue weighted by molar-refractivity contribution is 7.12. The standard InChI is InChI=1S/C13H7FN2O3S/c14-8-3-1-2-6-7(4-15-10(6)8)11(17)12-16-9(5-20-12)13(18)19/h1-5,15H,(H,18,19). The Labute approximate surface area is 115 Å². The number of carbonyl (C=O) groups excluding carboxylic acids is 1. The third kappa shape index (κ3) is 1.88. The number of aromatic amines is 1. The number of hydrogen-bond donors (Lipinski definition) is 2. The lowest BCUT2D eigenvalue weighted by molar-refractivity contribution is 0.0691. The van der Waals surface area contributed by atoms with Crippen molar-refractivity contribution in [3.05, 3.63) is 51.9 Å². The number of carbonyl (C=O) groups is 2. The Balaban J connectivity index is 2.08. The Morgan fingerprint density at radius 1 is 1.35 bits per heavy atom. The maximum atomic E-state index is 13.5. The molecule has 5 nitrogen and oxygen atoms in total. The summed E-state index contributed by atoms with van der Waals surface area (Å²) in [6.07, 6.45) is 1.40. The summed E-state index contributed by atoms with van der Waals surface area (Å²) in [7, 11) is 0. The minimum atomic E-state index is -1.19. The van der Waals surface area contributed by atoms with E-state index in [2.05, 4.69) is 9.97 Å². The van der Waals surface area contributed by atoms with Crippen LogP contribution in [0, 0.1) is 5.82 Å². The van der Waals surface area contributed by atoms with E-state index in [1.54, 1.807) is 6.07 Å². The first-order valence-corrected chi connectivity index (χ1v) is 6.45. The number of nitrogens with one attached hydrogen (secondary N) is 1. The molecule has 0 unspecified atom stereocenters. The molecule has 0 atom stereocenters. The number of aromatic nitrogens is 2. The van der Waals surface area contributed by atoms with Crippen LogP contribution < -0.4 is 0 Å². The van der Waals surface area contributed by atoms with Gasteiger partial charge < -0.3 is 10.1 Å². The molecular formula is C13H7FN2O3S. The fraction of sp³-hybridized carbons (Fsp3) is 0. The van der Waals surface area contributed by atoms with Crippen LogP contribution >= 0.6 is 11.3 Å². The van der Waals surface area contributed by atoms with Crippen molar-refractivity contribution in [3.63, 3.8) is 0 Å². The molecule has 0 amide bonds. The number of carboxylic acids is 1. The Hall–Kier alpha value is -2.54. The number of nitrogens with zero attached hydrogens (tertiary/aromatic N) is 1. The Kier molecular flexibility index (Phi) is 2.83. The number of thiazole rings is 1. The van der Waals surface area contributed by atoms with E-state index in [0.717, 1.165) is 11.3 Å². The average Bonchev–Trinajstić information content (AvgIpc) is 3.05. The van der Waals surface area contributed by atoms with Crippen LogP contribution in [0.2, 0.25) is 0 Å². The Morgan fingerprint density at radius 3 is 2.85 bits per heavy atom. The summed E-state index contributed by atoms with van der Waals surface area (Å²) in [5, 5.41) is 10.6. The van der Waals surface area contributed by atoms with Crippen LogP contribution in [0.3, 0.4) is 0 Å². The highest BCUT2D eigenvalue weighted by Crippen LogP contribution is 2.24. The van der Waals surface area contributed by atoms with Crippen LogP contribution in [0.4, 0.5) is 4.39 Å². The molecule has 20 heavy (non-hydrogen) atoms. The van der Waals surface area contributed by atoms with Crippen molar-refractivity contribution in [2.75, 3.05) is 0 Å². The first kappa shape index (κ1) is 12.5. The SMILES string of the molecule is O=C(O)c1csc(C(=O)c2c[nH]c3c(F)cccc23)n1. The molecule has 0 aliphatic heterocycles. The summed E-state index contributed by atoms with van der Waals surface area (Å²) in [5.41, 5.74) is 0.334. The van der Waals surface area contributed by atoms with Gasteiger partial charge in [-0.3, -0.25) is 4.79 Å². The molecule has 0 radical (unpaired) electrons. The van der Waals surface area contributed by atoms with Crippen LogP contribution in [-0.2, 0) is 0 Å². The van der Waals surface area contributed by atoms with Gasteiger partial charge >= 0.3 is 5.97 Å². The van der Waals surface area contributed by atoms with Gasteiger partial charge in [-0.25, -0.2) is 14.2 Å². The lowest BCUT2D eigenvalue weighted by Gasteiger charge is -1.95. The van der Waals surface area contributed by atoms with Crippen molar-refractivity contribution in [1.82, 2.24) is 9.97 Å². The molecule has 0 aliphatic rings. The molecular weight excluding hydrogens is 283 g/mol. The molecule has 0 saturated heterocycles. The number of ketones is 1. The van der Waals surface area contributed by atoms with E-state index in [4.69, 9.17) is 5.11 Å². The zero-order valence-electron chi connectivity index (χ0n) is 9.88. The van der Waals surface area contributed by atoms with Crippen LogP contribution in [0.15, 0.2) is 29.8 Å². The van der Waals surface area contributed by atoms with Crippen LogP contribution in [-0.4, -0.2) is 26.8 Å². The zero-order valence-corrected chi connectivity index (χ0v) is 10.7. The molecule has 0 bridgehead atoms. The van der Waals surface area contributed by atoms with Crippen molar-refractivity contribution in [2.45, 2.75) is 0 Å². The first-order valence-electron chi connectivity index (χ1n) is 5.57. The van der Waals surface area contributed by atoms with Crippen molar-refractivity contribution >= 4 is 34.0 Å². The van der Waals surface area contributed by atoms with E-state index >= 15 is 0 Å². The number of aromatic carboxylic acids is 1. The van der Waals surface area contributed by atoms with Crippen molar-refractivity contribution < 1.29 is 19.1 Å². The first-order chi connectivity index (χ1) is 9.58. The maximum Gasteiger partial charge on any atom is 0.355 e. The molecule has 100 valence electrons. The van der Waals surface area contributed by atoms with Crippen molar-refractivity contribution in [1.29, 1.82) is 0 Å². The summed E-state index contributed by atoms with van der Waals surface area (Å²) < 4.78 is 13.5. The largest absolute Gasteiger partial charge is 0.476 e. The molecule has 3 rings (SSSR count). The number of para-hydroxylation sites is 1. The van der Waals surface area contributed by atoms with Crippen LogP contribution in [0.5, 0.6) is 0 Å². The second-order valence-electron chi connectivity index (χ2n) is 4.04. The van der Waals surface area contributed by atoms with Gasteiger partial charge in [0.2, 0.25) is 5.78 Å². The molecule has 0 aliphatic carbocycles. The zero-order chi connectivity index (χ0) is 14.3. The fourth-order valence-corrected chi connectivity index (χ4v) is 2.64. The number of benzene rings is 1. The number of carboxylic acid groups (broad SMARTS) is 1. The van der Waals surface area contributed by atoms with E-state index in [1.807, 2.05) is 0 Å². The molecule has 2 heterocycles. The Bertz CT molecular complexity index is 837. The second-order valence-corrected chi connectivity index (χ2v) is 4.90. The minimum absolute atomic E-state index is 0.0626. The quantitative estimate of drug-likeness (QED) is 0.726. The van der Waals surface area contributed by atoms with Crippen LogP contribution in [0.1, 0.15) is 25.9 Å². The van der Waals surface area contributed by atoms with Gasteiger partial charge in [0.15, 0.2) is 10.7 Å². The van der Waals surface area contributed by atoms with Gasteiger partial charge in [0.25, 0.3) is 0 Å². The summed E-state index contributed by atoms with van der Waals surface area (Å²) >= 11 is 0.948. The Morgan fingerprint density at radius 2 is 2.15 bits per heavy atom. The van der Waals surface area contributed by atoms with Gasteiger partial charge in [0.05, 0.1) is 11.1 Å². The average molecular weight is 290 g/mol. The molecule has 0 saturated carbocycles. The summed E-state index contributed by atoms with van der Waals surface area (Å²) in [4.78, 5) is 29.5. The topological polar surface area (TPSA) is 83.0 Å². The van der Waals surface area contributed by atoms with Gasteiger partial charge in [-0.1, -0.05) is 12.1 Å². The molecule has 0 fully saturated rings. The third-order valence-corrected chi connectivity index (χ3v) is 3.67. The number of H-pyrrole nitrogens is 1. The smallest absolute Gasteiger partial charge is 0.355 e. The van der Waals surface area contributed by atoms with E-state index in [0.29, 0.717) is 5.39 Å². The lowest BCUT2D eigenvalue weighted by atomic mass is 10.1. The van der Waals surface area contributed by atoms with Gasteiger partial charge in [0.1, 0.15) is 5.82 Å². The fourth-order valence-electron chi connectivity index (χ4n) is 1.90. The number of halogens is 1. The van der Waals surface area contributed by atoms with E-state index in [1.165, 1.54) is 23.7 Å². The molecule has 1 aromatic carbocycles. The maximum absolute atomic E-state index is 13.5. The van der Waals surface area contributed by atoms with Crippen molar-refractivity contribution in [2.24, 2.45) is 0 Å². The molecule has 0 spiro atoms. The third-order valence-electron chi connectivity index (χ3n) is 2.83. The summed E-state index contributed by atoms with van der Waals surface area (Å²) in [6.45, 7) is 0. The normalized spacial score (nSPS) is 10.8. The van der Waals surface area contributed by atoms with E-state index < -0.39 is 17.6 Å². The van der Waals surface area contributed by atoms with E-state index in [-0.39, 0.29) is 21.8 Å². The molecule has 2 N–H and O–H groups in total. The van der Waals surface area contributed by atoms with Gasteiger partial charge in [-0.05, 0) is 6.07 Å². The van der Waals surface area contributed by atoms with Crippen molar-refractivity contribution in [3.8, 4) is 0 Å².